The van der Waals surface area contributed by atoms with Crippen LogP contribution in [0.5, 0.6) is 0 Å². The van der Waals surface area contributed by atoms with E-state index in [0.717, 1.165) is 12.1 Å². The number of hydrogen-bond acceptors (Lipinski definition) is 6. The monoisotopic (exact) mass is 345 g/mol. The summed E-state index contributed by atoms with van der Waals surface area (Å²) in [6, 6.07) is -0.498. The predicted octanol–water partition coefficient (Wildman–Crippen LogP) is -0.0916. The van der Waals surface area contributed by atoms with Gasteiger partial charge in [-0.3, -0.25) is 9.48 Å². The molecule has 2 rings (SSSR count). The van der Waals surface area contributed by atoms with Gasteiger partial charge in [-0.2, -0.15) is 0 Å². The fraction of sp³-hybridized carbons (Fsp3) is 0.714. The maximum absolute atomic E-state index is 12.5. The molecule has 0 saturated carbocycles. The smallest absolute Gasteiger partial charge is 0.328 e. The molecule has 0 aliphatic carbocycles. The van der Waals surface area contributed by atoms with Gasteiger partial charge in [0.05, 0.1) is 12.8 Å². The number of likely N-dealkylation sites (tertiary alicyclic amines) is 1. The molecule has 2 heterocycles. The van der Waals surface area contributed by atoms with E-state index in [2.05, 4.69) is 10.3 Å². The minimum atomic E-state index is -0.498. The third kappa shape index (κ3) is 4.90. The van der Waals surface area contributed by atoms with Crippen LogP contribution in [-0.2, 0) is 27.8 Å². The molecule has 1 aliphatic heterocycles. The van der Waals surface area contributed by atoms with Crippen LogP contribution < -0.4 is 5.73 Å². The van der Waals surface area contributed by atoms with Gasteiger partial charge in [0.2, 0.25) is 5.91 Å². The Morgan fingerprint density at radius 3 is 2.74 bits per heavy atom. The van der Waals surface area contributed by atoms with Gasteiger partial charge in [0.25, 0.3) is 0 Å². The second-order valence-corrected chi connectivity index (χ2v) is 5.65. The van der Waals surface area contributed by atoms with Crippen LogP contribution in [0.15, 0.2) is 6.20 Å². The lowest BCUT2D eigenvalue weighted by molar-refractivity contribution is -0.155. The van der Waals surface area contributed by atoms with Crippen LogP contribution in [0.1, 0.15) is 25.0 Å². The Balaban J connectivity index is 0.00000264. The van der Waals surface area contributed by atoms with E-state index in [-0.39, 0.29) is 30.2 Å². The molecule has 2 N–H and O–H groups in total. The highest BCUT2D eigenvalue weighted by Gasteiger charge is 2.35. The number of nitrogens with two attached hydrogens (primary N) is 1. The minimum absolute atomic E-state index is 0. The van der Waals surface area contributed by atoms with Crippen molar-refractivity contribution in [2.75, 3.05) is 20.2 Å². The van der Waals surface area contributed by atoms with Crippen LogP contribution in [0.4, 0.5) is 0 Å². The number of methoxy groups -OCH3 is 1. The Labute approximate surface area is 141 Å². The minimum Gasteiger partial charge on any atom is -0.467 e. The summed E-state index contributed by atoms with van der Waals surface area (Å²) in [5, 5.41) is 7.80. The highest BCUT2D eigenvalue weighted by Crippen LogP contribution is 2.23. The number of carbonyl (C=O) groups is 2. The average Bonchev–Trinajstić information content (AvgIpc) is 2.96. The summed E-state index contributed by atoms with van der Waals surface area (Å²) in [4.78, 5) is 26.0. The van der Waals surface area contributed by atoms with Crippen molar-refractivity contribution in [1.82, 2.24) is 19.9 Å². The first-order valence-electron chi connectivity index (χ1n) is 7.47. The zero-order valence-electron chi connectivity index (χ0n) is 13.5. The number of amides is 1. The standard InChI is InChI=1S/C14H23N5O3.ClH/c1-18-9-11(16-17-18)4-6-13(20)19-8-10(7-15)3-5-12(19)14(21)22-2;/h9-10,12H,3-8,15H2,1-2H3;1H. The first-order chi connectivity index (χ1) is 10.5. The van der Waals surface area contributed by atoms with Crippen molar-refractivity contribution in [3.8, 4) is 0 Å². The molecule has 0 aromatic carbocycles. The number of hydrogen-bond donors (Lipinski definition) is 1. The molecule has 1 saturated heterocycles. The zero-order valence-corrected chi connectivity index (χ0v) is 14.3. The molecule has 1 fully saturated rings. The topological polar surface area (TPSA) is 103 Å². The number of carbonyl (C=O) groups excluding carboxylic acids is 2. The fourth-order valence-electron chi connectivity index (χ4n) is 2.78. The number of esters is 1. The number of ether oxygens (including phenoxy) is 1. The molecule has 1 amide bonds. The molecule has 2 unspecified atom stereocenters. The molecule has 130 valence electrons. The lowest BCUT2D eigenvalue weighted by atomic mass is 9.92. The molecule has 0 bridgehead atoms. The first kappa shape index (κ1) is 19.4. The largest absolute Gasteiger partial charge is 0.467 e. The van der Waals surface area contributed by atoms with E-state index in [1.807, 2.05) is 0 Å². The Morgan fingerprint density at radius 2 is 2.17 bits per heavy atom. The van der Waals surface area contributed by atoms with Crippen molar-refractivity contribution in [2.45, 2.75) is 31.7 Å². The fourth-order valence-corrected chi connectivity index (χ4v) is 2.78. The van der Waals surface area contributed by atoms with Gasteiger partial charge in [-0.05, 0) is 25.3 Å². The van der Waals surface area contributed by atoms with Crippen LogP contribution in [0.2, 0.25) is 0 Å². The predicted molar refractivity (Wildman–Crippen MR) is 85.9 cm³/mol. The molecule has 1 aromatic heterocycles. The van der Waals surface area contributed by atoms with Crippen molar-refractivity contribution in [2.24, 2.45) is 18.7 Å². The van der Waals surface area contributed by atoms with Gasteiger partial charge in [0, 0.05) is 32.6 Å². The van der Waals surface area contributed by atoms with Crippen molar-refractivity contribution >= 4 is 24.3 Å². The maximum Gasteiger partial charge on any atom is 0.328 e. The van der Waals surface area contributed by atoms with Crippen molar-refractivity contribution in [1.29, 1.82) is 0 Å². The quantitative estimate of drug-likeness (QED) is 0.748. The van der Waals surface area contributed by atoms with Gasteiger partial charge in [-0.25, -0.2) is 4.79 Å². The van der Waals surface area contributed by atoms with Gasteiger partial charge >= 0.3 is 5.97 Å². The summed E-state index contributed by atoms with van der Waals surface area (Å²) in [7, 11) is 3.13. The molecule has 9 heteroatoms. The summed E-state index contributed by atoms with van der Waals surface area (Å²) in [6.07, 6.45) is 4.02. The van der Waals surface area contributed by atoms with E-state index in [1.54, 1.807) is 22.8 Å². The Kier molecular flexibility index (Phi) is 7.44. The van der Waals surface area contributed by atoms with Crippen LogP contribution in [0.3, 0.4) is 0 Å². The molecule has 23 heavy (non-hydrogen) atoms. The molecule has 0 radical (unpaired) electrons. The van der Waals surface area contributed by atoms with Crippen LogP contribution in [0, 0.1) is 5.92 Å². The number of aryl methyl sites for hydroxylation is 2. The third-order valence-corrected chi connectivity index (χ3v) is 4.05. The highest BCUT2D eigenvalue weighted by molar-refractivity contribution is 5.85. The molecule has 0 spiro atoms. The summed E-state index contributed by atoms with van der Waals surface area (Å²) < 4.78 is 6.41. The third-order valence-electron chi connectivity index (χ3n) is 4.05. The van der Waals surface area contributed by atoms with E-state index < -0.39 is 6.04 Å². The van der Waals surface area contributed by atoms with Gasteiger partial charge in [-0.1, -0.05) is 5.21 Å². The summed E-state index contributed by atoms with van der Waals surface area (Å²) in [5.41, 5.74) is 6.47. The molecule has 8 nitrogen and oxygen atoms in total. The van der Waals surface area contributed by atoms with E-state index in [4.69, 9.17) is 10.5 Å². The molecular weight excluding hydrogens is 322 g/mol. The van der Waals surface area contributed by atoms with E-state index in [0.29, 0.717) is 32.4 Å². The Hall–Kier alpha value is -1.67. The molecule has 1 aromatic rings. The lowest BCUT2D eigenvalue weighted by Gasteiger charge is -2.37. The average molecular weight is 346 g/mol. The van der Waals surface area contributed by atoms with Crippen LogP contribution >= 0.6 is 12.4 Å². The summed E-state index contributed by atoms with van der Waals surface area (Å²) in [6.45, 7) is 1.03. The van der Waals surface area contributed by atoms with Crippen molar-refractivity contribution in [3.05, 3.63) is 11.9 Å². The van der Waals surface area contributed by atoms with Crippen molar-refractivity contribution in [3.63, 3.8) is 0 Å². The number of rotatable bonds is 5. The van der Waals surface area contributed by atoms with Gasteiger partial charge < -0.3 is 15.4 Å². The second-order valence-electron chi connectivity index (χ2n) is 5.65. The number of halogens is 1. The highest BCUT2D eigenvalue weighted by atomic mass is 35.5. The molecule has 1 aliphatic rings. The first-order valence-corrected chi connectivity index (χ1v) is 7.47. The van der Waals surface area contributed by atoms with Gasteiger partial charge in [-0.15, -0.1) is 17.5 Å². The van der Waals surface area contributed by atoms with Crippen LogP contribution in [-0.4, -0.2) is 58.0 Å². The SMILES string of the molecule is COC(=O)C1CCC(CN)CN1C(=O)CCc1cn(C)nn1.Cl. The second kappa shape index (κ2) is 8.83. The summed E-state index contributed by atoms with van der Waals surface area (Å²) >= 11 is 0. The lowest BCUT2D eigenvalue weighted by Crippen LogP contribution is -2.52. The van der Waals surface area contributed by atoms with Crippen molar-refractivity contribution < 1.29 is 14.3 Å². The normalized spacial score (nSPS) is 20.7. The van der Waals surface area contributed by atoms with Gasteiger partial charge in [0.15, 0.2) is 0 Å². The molecule has 2 atom stereocenters. The number of aromatic nitrogens is 3. The Bertz CT molecular complexity index is 536. The van der Waals surface area contributed by atoms with Crippen LogP contribution in [0.25, 0.3) is 0 Å². The zero-order chi connectivity index (χ0) is 16.1. The van der Waals surface area contributed by atoms with E-state index >= 15 is 0 Å². The maximum atomic E-state index is 12.5. The van der Waals surface area contributed by atoms with Gasteiger partial charge in [0.1, 0.15) is 6.04 Å². The number of nitrogens with zero attached hydrogens (tertiary/aromatic N) is 4. The van der Waals surface area contributed by atoms with E-state index in [1.165, 1.54) is 7.11 Å². The van der Waals surface area contributed by atoms with E-state index in [9.17, 15) is 9.59 Å². The number of piperidine rings is 1. The molecular formula is C14H24ClN5O3. The summed E-state index contributed by atoms with van der Waals surface area (Å²) in [5.74, 6) is -0.191. The Morgan fingerprint density at radius 1 is 1.43 bits per heavy atom.